The maximum atomic E-state index is 10.1. The molecule has 1 aliphatic carbocycles. The van der Waals surface area contributed by atoms with E-state index in [1.54, 1.807) is 0 Å². The summed E-state index contributed by atoms with van der Waals surface area (Å²) in [7, 11) is 0. The van der Waals surface area contributed by atoms with Crippen molar-refractivity contribution in [2.45, 2.75) is 57.1 Å². The van der Waals surface area contributed by atoms with Gasteiger partial charge in [-0.25, -0.2) is 0 Å². The normalized spacial score (nSPS) is 19.0. The van der Waals surface area contributed by atoms with Gasteiger partial charge in [-0.2, -0.15) is 0 Å². The summed E-state index contributed by atoms with van der Waals surface area (Å²) in [6, 6.07) is 8.19. The fraction of sp³-hybridized carbons (Fsp3) is 0.625. The quantitative estimate of drug-likeness (QED) is 0.565. The summed E-state index contributed by atoms with van der Waals surface area (Å²) in [6.07, 6.45) is 8.35. The third-order valence-electron chi connectivity index (χ3n) is 4.00. The van der Waals surface area contributed by atoms with Crippen LogP contribution < -0.4 is 11.1 Å². The highest BCUT2D eigenvalue weighted by atomic mass is 16.3. The van der Waals surface area contributed by atoms with Crippen molar-refractivity contribution in [1.82, 2.24) is 5.32 Å². The van der Waals surface area contributed by atoms with Crippen molar-refractivity contribution in [1.29, 1.82) is 0 Å². The van der Waals surface area contributed by atoms with Crippen LogP contribution in [0.1, 0.15) is 56.6 Å². The van der Waals surface area contributed by atoms with Crippen molar-refractivity contribution in [2.24, 2.45) is 0 Å². The number of aliphatic hydroxyl groups is 1. The molecule has 3 nitrogen and oxygen atoms in total. The lowest BCUT2D eigenvalue weighted by Crippen LogP contribution is -2.30. The molecular weight excluding hydrogens is 236 g/mol. The predicted octanol–water partition coefficient (Wildman–Crippen LogP) is 3.00. The first kappa shape index (κ1) is 14.4. The van der Waals surface area contributed by atoms with Gasteiger partial charge in [0.25, 0.3) is 0 Å². The monoisotopic (exact) mass is 262 g/mol. The highest BCUT2D eigenvalue weighted by molar-refractivity contribution is 5.41. The fourth-order valence-electron chi connectivity index (χ4n) is 2.84. The van der Waals surface area contributed by atoms with Crippen molar-refractivity contribution in [3.63, 3.8) is 0 Å². The maximum Gasteiger partial charge on any atom is 0.0802 e. The Hall–Kier alpha value is -1.06. The molecule has 4 N–H and O–H groups in total. The molecule has 1 fully saturated rings. The maximum absolute atomic E-state index is 10.1. The van der Waals surface area contributed by atoms with Crippen LogP contribution in [0.4, 0.5) is 5.69 Å². The summed E-state index contributed by atoms with van der Waals surface area (Å²) in [6.45, 7) is 0.876. The summed E-state index contributed by atoms with van der Waals surface area (Å²) in [5, 5.41) is 13.7. The van der Waals surface area contributed by atoms with Gasteiger partial charge in [0.05, 0.1) is 6.10 Å². The lowest BCUT2D eigenvalue weighted by Gasteiger charge is -2.18. The molecule has 0 bridgehead atoms. The first-order valence-corrected chi connectivity index (χ1v) is 7.52. The Bertz CT molecular complexity index is 373. The Morgan fingerprint density at radius 2 is 1.95 bits per heavy atom. The lowest BCUT2D eigenvalue weighted by atomic mass is 10.0. The number of hydrogen-bond donors (Lipinski definition) is 3. The number of aliphatic hydroxyl groups excluding tert-OH is 1. The topological polar surface area (TPSA) is 58.3 Å². The minimum atomic E-state index is -0.415. The number of rotatable bonds is 5. The van der Waals surface area contributed by atoms with Gasteiger partial charge in [-0.3, -0.25) is 0 Å². The van der Waals surface area contributed by atoms with Crippen molar-refractivity contribution >= 4 is 5.69 Å². The molecule has 106 valence electrons. The van der Waals surface area contributed by atoms with Crippen LogP contribution in [0.15, 0.2) is 24.3 Å². The van der Waals surface area contributed by atoms with Crippen LogP contribution >= 0.6 is 0 Å². The first-order valence-electron chi connectivity index (χ1n) is 7.52. The molecule has 0 heterocycles. The molecular formula is C16H26N2O. The molecule has 0 spiro atoms. The zero-order chi connectivity index (χ0) is 13.5. The van der Waals surface area contributed by atoms with Gasteiger partial charge in [0.2, 0.25) is 0 Å². The van der Waals surface area contributed by atoms with E-state index in [1.165, 1.54) is 38.5 Å². The number of nitrogens with one attached hydrogen (secondary N) is 1. The molecule has 1 aromatic rings. The molecule has 2 rings (SSSR count). The Labute approximate surface area is 116 Å². The number of nitrogens with two attached hydrogens (primary N) is 1. The number of hydrogen-bond acceptors (Lipinski definition) is 3. The molecule has 1 unspecified atom stereocenters. The van der Waals surface area contributed by atoms with Crippen LogP contribution in [-0.2, 0) is 0 Å². The van der Waals surface area contributed by atoms with E-state index in [0.717, 1.165) is 18.5 Å². The van der Waals surface area contributed by atoms with Crippen LogP contribution in [0.25, 0.3) is 0 Å². The van der Waals surface area contributed by atoms with Crippen LogP contribution in [0.5, 0.6) is 0 Å². The van der Waals surface area contributed by atoms with Crippen molar-refractivity contribution in [2.75, 3.05) is 12.3 Å². The second-order valence-corrected chi connectivity index (χ2v) is 5.62. The molecule has 3 heteroatoms. The average molecular weight is 262 g/mol. The number of benzene rings is 1. The summed E-state index contributed by atoms with van der Waals surface area (Å²) in [5.41, 5.74) is 7.37. The van der Waals surface area contributed by atoms with E-state index in [0.29, 0.717) is 11.7 Å². The minimum absolute atomic E-state index is 0.415. The van der Waals surface area contributed by atoms with Crippen molar-refractivity contribution in [3.05, 3.63) is 29.8 Å². The molecule has 1 saturated carbocycles. The molecule has 1 aromatic carbocycles. The van der Waals surface area contributed by atoms with E-state index in [4.69, 9.17) is 5.73 Å². The highest BCUT2D eigenvalue weighted by Crippen LogP contribution is 2.20. The lowest BCUT2D eigenvalue weighted by molar-refractivity contribution is 0.165. The van der Waals surface area contributed by atoms with E-state index in [2.05, 4.69) is 5.32 Å². The largest absolute Gasteiger partial charge is 0.399 e. The van der Waals surface area contributed by atoms with Crippen LogP contribution in [0, 0.1) is 0 Å². The second-order valence-electron chi connectivity index (χ2n) is 5.62. The zero-order valence-corrected chi connectivity index (χ0v) is 11.6. The Kier molecular flexibility index (Phi) is 5.67. The van der Waals surface area contributed by atoms with Gasteiger partial charge in [-0.05, 0) is 43.5 Å². The highest BCUT2D eigenvalue weighted by Gasteiger charge is 2.12. The standard InChI is InChI=1S/C16H26N2O/c17-14-7-5-6-13(12-14)16(19)10-11-18-15-8-3-1-2-4-9-15/h5-7,12,15-16,18-19H,1-4,8-11,17H2. The van der Waals surface area contributed by atoms with Gasteiger partial charge in [0, 0.05) is 11.7 Å². The molecule has 0 aromatic heterocycles. The summed E-state index contributed by atoms with van der Waals surface area (Å²) in [5.74, 6) is 0. The van der Waals surface area contributed by atoms with E-state index >= 15 is 0 Å². The van der Waals surface area contributed by atoms with Gasteiger partial charge < -0.3 is 16.2 Å². The molecule has 0 radical (unpaired) electrons. The van der Waals surface area contributed by atoms with E-state index in [-0.39, 0.29) is 0 Å². The van der Waals surface area contributed by atoms with Crippen LogP contribution in [-0.4, -0.2) is 17.7 Å². The summed E-state index contributed by atoms with van der Waals surface area (Å²) < 4.78 is 0. The van der Waals surface area contributed by atoms with E-state index in [9.17, 15) is 5.11 Å². The Morgan fingerprint density at radius 1 is 1.21 bits per heavy atom. The van der Waals surface area contributed by atoms with E-state index in [1.807, 2.05) is 24.3 Å². The Balaban J connectivity index is 1.72. The van der Waals surface area contributed by atoms with Crippen LogP contribution in [0.3, 0.4) is 0 Å². The molecule has 0 amide bonds. The SMILES string of the molecule is Nc1cccc(C(O)CCNC2CCCCCC2)c1. The van der Waals surface area contributed by atoms with Crippen molar-refractivity contribution in [3.8, 4) is 0 Å². The zero-order valence-electron chi connectivity index (χ0n) is 11.6. The smallest absolute Gasteiger partial charge is 0.0802 e. The molecule has 1 atom stereocenters. The predicted molar refractivity (Wildman–Crippen MR) is 79.9 cm³/mol. The third-order valence-corrected chi connectivity index (χ3v) is 4.00. The third kappa shape index (κ3) is 4.84. The van der Waals surface area contributed by atoms with Crippen LogP contribution in [0.2, 0.25) is 0 Å². The molecule has 0 aliphatic heterocycles. The fourth-order valence-corrected chi connectivity index (χ4v) is 2.84. The van der Waals surface area contributed by atoms with E-state index < -0.39 is 6.10 Å². The number of anilines is 1. The van der Waals surface area contributed by atoms with Gasteiger partial charge in [0.15, 0.2) is 0 Å². The molecule has 19 heavy (non-hydrogen) atoms. The van der Waals surface area contributed by atoms with Crippen molar-refractivity contribution < 1.29 is 5.11 Å². The van der Waals surface area contributed by atoms with Gasteiger partial charge in [0.1, 0.15) is 0 Å². The Morgan fingerprint density at radius 3 is 2.63 bits per heavy atom. The summed E-state index contributed by atoms with van der Waals surface area (Å²) >= 11 is 0. The average Bonchev–Trinajstić information content (AvgIpc) is 2.67. The van der Waals surface area contributed by atoms with Gasteiger partial charge in [-0.15, -0.1) is 0 Å². The minimum Gasteiger partial charge on any atom is -0.399 e. The van der Waals surface area contributed by atoms with Gasteiger partial charge in [-0.1, -0.05) is 37.8 Å². The molecule has 1 aliphatic rings. The summed E-state index contributed by atoms with van der Waals surface area (Å²) in [4.78, 5) is 0. The first-order chi connectivity index (χ1) is 9.25. The molecule has 0 saturated heterocycles. The second kappa shape index (κ2) is 7.51. The number of nitrogen functional groups attached to an aromatic ring is 1. The van der Waals surface area contributed by atoms with Gasteiger partial charge >= 0.3 is 0 Å².